The third kappa shape index (κ3) is 2.72. The Morgan fingerprint density at radius 1 is 1.52 bits per heavy atom. The highest BCUT2D eigenvalue weighted by Crippen LogP contribution is 2.49. The molecule has 7 heteroatoms. The topological polar surface area (TPSA) is 79.5 Å². The number of aliphatic carboxylic acids is 1. The average molecular weight is 345 g/mol. The number of nitrogens with zero attached hydrogens (tertiary/aromatic N) is 3. The largest absolute Gasteiger partial charge is 0.481 e. The van der Waals surface area contributed by atoms with Gasteiger partial charge in [-0.15, -0.1) is 0 Å². The Bertz CT molecular complexity index is 822. The number of halogens is 1. The Balaban J connectivity index is 1.49. The fourth-order valence-electron chi connectivity index (χ4n) is 4.27. The molecule has 2 fully saturated rings. The van der Waals surface area contributed by atoms with Crippen LogP contribution in [0.2, 0.25) is 0 Å². The van der Waals surface area contributed by atoms with E-state index >= 15 is 0 Å². The van der Waals surface area contributed by atoms with Crippen LogP contribution in [-0.2, 0) is 11.3 Å². The van der Waals surface area contributed by atoms with E-state index in [4.69, 9.17) is 4.52 Å². The van der Waals surface area contributed by atoms with Crippen LogP contribution in [0.5, 0.6) is 0 Å². The molecule has 1 N–H and O–H groups in total. The minimum atomic E-state index is -0.689. The number of carboxylic acid groups (broad SMARTS) is 1. The summed E-state index contributed by atoms with van der Waals surface area (Å²) in [5.74, 6) is 0.121. The molecule has 0 spiro atoms. The van der Waals surface area contributed by atoms with Gasteiger partial charge in [0.15, 0.2) is 0 Å². The molecule has 132 valence electrons. The molecule has 0 bridgehead atoms. The van der Waals surface area contributed by atoms with Crippen molar-refractivity contribution in [2.75, 3.05) is 13.1 Å². The lowest BCUT2D eigenvalue weighted by Gasteiger charge is -2.23. The summed E-state index contributed by atoms with van der Waals surface area (Å²) in [7, 11) is 0. The van der Waals surface area contributed by atoms with Gasteiger partial charge in [0.2, 0.25) is 11.7 Å². The van der Waals surface area contributed by atoms with E-state index in [9.17, 15) is 14.3 Å². The fourth-order valence-corrected chi connectivity index (χ4v) is 4.27. The van der Waals surface area contributed by atoms with E-state index in [0.717, 1.165) is 25.8 Å². The molecule has 2 atom stereocenters. The molecule has 1 aromatic heterocycles. The first-order valence-corrected chi connectivity index (χ1v) is 8.53. The van der Waals surface area contributed by atoms with Gasteiger partial charge in [0.05, 0.1) is 12.0 Å². The number of hydrogen-bond donors (Lipinski definition) is 1. The first kappa shape index (κ1) is 16.2. The van der Waals surface area contributed by atoms with Crippen LogP contribution < -0.4 is 0 Å². The molecule has 25 heavy (non-hydrogen) atoms. The van der Waals surface area contributed by atoms with Gasteiger partial charge in [-0.05, 0) is 49.4 Å². The smallest absolute Gasteiger partial charge is 0.311 e. The van der Waals surface area contributed by atoms with Crippen LogP contribution in [0.15, 0.2) is 22.7 Å². The molecule has 2 aliphatic rings. The standard InChI is InChI=1S/C18H20FN3O3/c1-11-7-12(4-5-14(11)19)16-20-15(25-21-16)9-22-8-13-3-2-6-18(13,10-22)17(23)24/h4-5,7,13H,2-3,6,8-10H2,1H3,(H,23,24)/t13-,18+/m0/s1. The highest BCUT2D eigenvalue weighted by molar-refractivity contribution is 5.76. The van der Waals surface area contributed by atoms with Gasteiger partial charge in [0, 0.05) is 18.7 Å². The predicted molar refractivity (Wildman–Crippen MR) is 87.1 cm³/mol. The first-order valence-electron chi connectivity index (χ1n) is 8.53. The van der Waals surface area contributed by atoms with Gasteiger partial charge in [-0.2, -0.15) is 4.98 Å². The molecular formula is C18H20FN3O3. The van der Waals surface area contributed by atoms with Crippen LogP contribution in [0.1, 0.15) is 30.7 Å². The van der Waals surface area contributed by atoms with E-state index in [1.165, 1.54) is 6.07 Å². The monoisotopic (exact) mass is 345 g/mol. The highest BCUT2D eigenvalue weighted by Gasteiger charge is 2.54. The maximum absolute atomic E-state index is 13.4. The van der Waals surface area contributed by atoms with Crippen molar-refractivity contribution in [3.05, 3.63) is 35.5 Å². The summed E-state index contributed by atoms with van der Waals surface area (Å²) in [5, 5.41) is 13.6. The van der Waals surface area contributed by atoms with Crippen molar-refractivity contribution in [3.8, 4) is 11.4 Å². The zero-order valence-electron chi connectivity index (χ0n) is 14.0. The van der Waals surface area contributed by atoms with Crippen molar-refractivity contribution in [3.63, 3.8) is 0 Å². The lowest BCUT2D eigenvalue weighted by molar-refractivity contribution is -0.149. The summed E-state index contributed by atoms with van der Waals surface area (Å²) < 4.78 is 18.7. The molecule has 4 rings (SSSR count). The summed E-state index contributed by atoms with van der Waals surface area (Å²) in [6.07, 6.45) is 2.69. The van der Waals surface area contributed by atoms with Crippen LogP contribution in [0.4, 0.5) is 4.39 Å². The van der Waals surface area contributed by atoms with Crippen molar-refractivity contribution in [2.24, 2.45) is 11.3 Å². The van der Waals surface area contributed by atoms with E-state index in [1.54, 1.807) is 19.1 Å². The van der Waals surface area contributed by atoms with Gasteiger partial charge in [0.25, 0.3) is 0 Å². The van der Waals surface area contributed by atoms with E-state index in [1.807, 2.05) is 0 Å². The fraction of sp³-hybridized carbons (Fsp3) is 0.500. The molecular weight excluding hydrogens is 325 g/mol. The van der Waals surface area contributed by atoms with Crippen molar-refractivity contribution in [2.45, 2.75) is 32.7 Å². The number of fused-ring (bicyclic) bond motifs is 1. The molecule has 6 nitrogen and oxygen atoms in total. The van der Waals surface area contributed by atoms with Crippen molar-refractivity contribution in [1.82, 2.24) is 15.0 Å². The summed E-state index contributed by atoms with van der Waals surface area (Å²) >= 11 is 0. The van der Waals surface area contributed by atoms with Crippen LogP contribution in [0.3, 0.4) is 0 Å². The lowest BCUT2D eigenvalue weighted by atomic mass is 9.81. The molecule has 1 saturated carbocycles. The lowest BCUT2D eigenvalue weighted by Crippen LogP contribution is -2.35. The Morgan fingerprint density at radius 2 is 2.36 bits per heavy atom. The Kier molecular flexibility index (Phi) is 3.83. The number of likely N-dealkylation sites (tertiary alicyclic amines) is 1. The number of carboxylic acids is 1. The number of aryl methyl sites for hydroxylation is 1. The maximum Gasteiger partial charge on any atom is 0.311 e. The SMILES string of the molecule is Cc1cc(-c2noc(CN3C[C@@H]4CCC[C@@]4(C(=O)O)C3)n2)ccc1F. The zero-order valence-corrected chi connectivity index (χ0v) is 14.0. The third-order valence-electron chi connectivity index (χ3n) is 5.61. The first-order chi connectivity index (χ1) is 12.0. The maximum atomic E-state index is 13.4. The number of aromatic nitrogens is 2. The minimum Gasteiger partial charge on any atom is -0.481 e. The Hall–Kier alpha value is -2.28. The van der Waals surface area contributed by atoms with Crippen molar-refractivity contribution >= 4 is 5.97 Å². The summed E-state index contributed by atoms with van der Waals surface area (Å²) in [4.78, 5) is 18.2. The molecule has 0 unspecified atom stereocenters. The molecule has 0 radical (unpaired) electrons. The van der Waals surface area contributed by atoms with Gasteiger partial charge in [0.1, 0.15) is 5.82 Å². The normalized spacial score (nSPS) is 26.1. The van der Waals surface area contributed by atoms with Gasteiger partial charge >= 0.3 is 5.97 Å². The van der Waals surface area contributed by atoms with Crippen LogP contribution in [0, 0.1) is 24.1 Å². The van der Waals surface area contributed by atoms with Crippen molar-refractivity contribution in [1.29, 1.82) is 0 Å². The van der Waals surface area contributed by atoms with E-state index in [0.29, 0.717) is 35.9 Å². The second-order valence-electron chi connectivity index (χ2n) is 7.20. The number of benzene rings is 1. The molecule has 1 aliphatic carbocycles. The Morgan fingerprint density at radius 3 is 3.08 bits per heavy atom. The number of hydrogen-bond acceptors (Lipinski definition) is 5. The highest BCUT2D eigenvalue weighted by atomic mass is 19.1. The third-order valence-corrected chi connectivity index (χ3v) is 5.61. The molecule has 2 heterocycles. The van der Waals surface area contributed by atoms with Gasteiger partial charge < -0.3 is 9.63 Å². The second kappa shape index (κ2) is 5.91. The summed E-state index contributed by atoms with van der Waals surface area (Å²) in [5.41, 5.74) is 0.616. The molecule has 1 aliphatic heterocycles. The van der Waals surface area contributed by atoms with E-state index in [2.05, 4.69) is 15.0 Å². The molecule has 1 aromatic carbocycles. The molecule has 1 saturated heterocycles. The Labute approximate surface area is 144 Å². The molecule has 2 aromatic rings. The van der Waals surface area contributed by atoms with Crippen LogP contribution in [0.25, 0.3) is 11.4 Å². The van der Waals surface area contributed by atoms with Gasteiger partial charge in [-0.3, -0.25) is 9.69 Å². The van der Waals surface area contributed by atoms with E-state index < -0.39 is 11.4 Å². The number of rotatable bonds is 4. The van der Waals surface area contributed by atoms with Crippen LogP contribution in [-0.4, -0.2) is 39.2 Å². The van der Waals surface area contributed by atoms with Crippen molar-refractivity contribution < 1.29 is 18.8 Å². The van der Waals surface area contributed by atoms with E-state index in [-0.39, 0.29) is 11.7 Å². The summed E-state index contributed by atoms with van der Waals surface area (Å²) in [6.45, 7) is 3.41. The quantitative estimate of drug-likeness (QED) is 0.918. The zero-order chi connectivity index (χ0) is 17.6. The summed E-state index contributed by atoms with van der Waals surface area (Å²) in [6, 6.07) is 4.69. The van der Waals surface area contributed by atoms with Gasteiger partial charge in [-0.1, -0.05) is 11.6 Å². The number of carbonyl (C=O) groups is 1. The minimum absolute atomic E-state index is 0.201. The second-order valence-corrected chi connectivity index (χ2v) is 7.20. The van der Waals surface area contributed by atoms with Gasteiger partial charge in [-0.25, -0.2) is 4.39 Å². The van der Waals surface area contributed by atoms with Crippen LogP contribution >= 0.6 is 0 Å². The average Bonchev–Trinajstić information content (AvgIpc) is 3.24. The molecule has 0 amide bonds. The predicted octanol–water partition coefficient (Wildman–Crippen LogP) is 2.87.